The molecule has 1 aliphatic heterocycles. The molecule has 0 spiro atoms. The van der Waals surface area contributed by atoms with Crippen LogP contribution < -0.4 is 10.5 Å². The van der Waals surface area contributed by atoms with Crippen molar-refractivity contribution in [2.75, 3.05) is 38.1 Å². The molecule has 124 valence electrons. The molecule has 1 saturated heterocycles. The van der Waals surface area contributed by atoms with Crippen LogP contribution in [0.3, 0.4) is 0 Å². The van der Waals surface area contributed by atoms with Gasteiger partial charge in [-0.3, -0.25) is 14.9 Å². The van der Waals surface area contributed by atoms with Crippen LogP contribution in [0.5, 0.6) is 0 Å². The van der Waals surface area contributed by atoms with Crippen molar-refractivity contribution in [3.05, 3.63) is 39.1 Å². The Labute approximate surface area is 135 Å². The van der Waals surface area contributed by atoms with E-state index >= 15 is 0 Å². The Hall–Kier alpha value is -2.15. The average Bonchev–Trinajstić information content (AvgIpc) is 2.84. The van der Waals surface area contributed by atoms with E-state index < -0.39 is 0 Å². The number of likely N-dealkylation sites (N-methyl/N-ethyl adjacent to an activating group) is 1. The Bertz CT molecular complexity index is 707. The third-order valence-corrected chi connectivity index (χ3v) is 4.50. The number of H-pyrrole nitrogens is 2. The lowest BCUT2D eigenvalue weighted by atomic mass is 10.1. The molecule has 0 bridgehead atoms. The normalized spacial score (nSPS) is 16.0. The van der Waals surface area contributed by atoms with E-state index in [9.17, 15) is 4.79 Å². The van der Waals surface area contributed by atoms with Crippen LogP contribution in [0.2, 0.25) is 0 Å². The van der Waals surface area contributed by atoms with Crippen molar-refractivity contribution < 1.29 is 0 Å². The number of aromatic amines is 2. The van der Waals surface area contributed by atoms with Gasteiger partial charge >= 0.3 is 0 Å². The zero-order valence-corrected chi connectivity index (χ0v) is 14.0. The summed E-state index contributed by atoms with van der Waals surface area (Å²) in [5.74, 6) is 0.696. The summed E-state index contributed by atoms with van der Waals surface area (Å²) in [5.41, 5.74) is 4.08. The van der Waals surface area contributed by atoms with Gasteiger partial charge < -0.3 is 9.80 Å². The highest BCUT2D eigenvalue weighted by atomic mass is 16.1. The van der Waals surface area contributed by atoms with Crippen molar-refractivity contribution >= 4 is 5.95 Å². The molecular weight excluding hydrogens is 292 g/mol. The summed E-state index contributed by atoms with van der Waals surface area (Å²) in [6.45, 7) is 7.78. The molecule has 2 aromatic rings. The molecule has 0 saturated carbocycles. The molecule has 3 rings (SSSR count). The van der Waals surface area contributed by atoms with Crippen molar-refractivity contribution in [3.8, 4) is 0 Å². The number of nitrogens with zero attached hydrogens (tertiary/aromatic N) is 4. The minimum absolute atomic E-state index is 0.0791. The van der Waals surface area contributed by atoms with E-state index in [0.29, 0.717) is 5.95 Å². The molecule has 0 aromatic carbocycles. The molecule has 0 atom stereocenters. The van der Waals surface area contributed by atoms with Crippen LogP contribution in [-0.4, -0.2) is 58.3 Å². The topological polar surface area (TPSA) is 80.9 Å². The van der Waals surface area contributed by atoms with Crippen molar-refractivity contribution in [2.45, 2.75) is 26.7 Å². The van der Waals surface area contributed by atoms with Crippen molar-refractivity contribution in [2.24, 2.45) is 0 Å². The van der Waals surface area contributed by atoms with Gasteiger partial charge in [0, 0.05) is 37.9 Å². The van der Waals surface area contributed by atoms with Gasteiger partial charge in [-0.15, -0.1) is 0 Å². The van der Waals surface area contributed by atoms with Gasteiger partial charge in [0.25, 0.3) is 5.56 Å². The molecule has 3 heterocycles. The highest BCUT2D eigenvalue weighted by Crippen LogP contribution is 2.14. The highest BCUT2D eigenvalue weighted by molar-refractivity contribution is 5.32. The minimum atomic E-state index is -0.0791. The van der Waals surface area contributed by atoms with E-state index in [1.54, 1.807) is 6.07 Å². The average molecular weight is 316 g/mol. The summed E-state index contributed by atoms with van der Waals surface area (Å²) in [4.78, 5) is 23.9. The van der Waals surface area contributed by atoms with Crippen LogP contribution in [-0.2, 0) is 12.8 Å². The summed E-state index contributed by atoms with van der Waals surface area (Å²) >= 11 is 0. The van der Waals surface area contributed by atoms with Crippen molar-refractivity contribution in [1.29, 1.82) is 0 Å². The number of aryl methyl sites for hydroxylation is 3. The van der Waals surface area contributed by atoms with E-state index in [0.717, 1.165) is 56.1 Å². The van der Waals surface area contributed by atoms with Gasteiger partial charge in [-0.05, 0) is 39.3 Å². The zero-order valence-electron chi connectivity index (χ0n) is 14.0. The van der Waals surface area contributed by atoms with Gasteiger partial charge in [-0.2, -0.15) is 5.10 Å². The second-order valence-electron chi connectivity index (χ2n) is 6.26. The summed E-state index contributed by atoms with van der Waals surface area (Å²) in [6.07, 6.45) is 1.58. The van der Waals surface area contributed by atoms with Gasteiger partial charge in [0.2, 0.25) is 5.95 Å². The van der Waals surface area contributed by atoms with Crippen LogP contribution in [0, 0.1) is 13.8 Å². The molecule has 7 nitrogen and oxygen atoms in total. The summed E-state index contributed by atoms with van der Waals surface area (Å²) in [7, 11) is 2.11. The standard InChI is InChI=1S/C16H24N6O/c1-11-14(12(2)20-19-11)5-4-13-10-15(23)18-16(17-13)22-8-6-21(3)7-9-22/h10H,4-9H2,1-3H3,(H,19,20)(H,17,18,23). The van der Waals surface area contributed by atoms with Crippen LogP contribution in [0.4, 0.5) is 5.95 Å². The largest absolute Gasteiger partial charge is 0.340 e. The molecule has 1 fully saturated rings. The summed E-state index contributed by atoms with van der Waals surface area (Å²) in [5, 5.41) is 7.22. The predicted octanol–water partition coefficient (Wildman–Crippen LogP) is 0.647. The molecule has 7 heteroatoms. The first kappa shape index (κ1) is 15.7. The fourth-order valence-corrected chi connectivity index (χ4v) is 2.99. The van der Waals surface area contributed by atoms with Gasteiger partial charge in [0.15, 0.2) is 0 Å². The first-order valence-electron chi connectivity index (χ1n) is 8.07. The number of rotatable bonds is 4. The van der Waals surface area contributed by atoms with Crippen LogP contribution in [0.1, 0.15) is 22.6 Å². The van der Waals surface area contributed by atoms with E-state index in [1.165, 1.54) is 5.56 Å². The molecule has 0 radical (unpaired) electrons. The lowest BCUT2D eigenvalue weighted by Gasteiger charge is -2.32. The molecule has 2 N–H and O–H groups in total. The summed E-state index contributed by atoms with van der Waals surface area (Å²) < 4.78 is 0. The first-order chi connectivity index (χ1) is 11.0. The number of piperazine rings is 1. The van der Waals surface area contributed by atoms with Gasteiger partial charge in [0.1, 0.15) is 0 Å². The number of aromatic nitrogens is 4. The quantitative estimate of drug-likeness (QED) is 0.865. The number of anilines is 1. The Morgan fingerprint density at radius 3 is 2.57 bits per heavy atom. The van der Waals surface area contributed by atoms with Crippen LogP contribution in [0.25, 0.3) is 0 Å². The van der Waals surface area contributed by atoms with Crippen LogP contribution >= 0.6 is 0 Å². The monoisotopic (exact) mass is 316 g/mol. The third kappa shape index (κ3) is 3.61. The second kappa shape index (κ2) is 6.54. The first-order valence-corrected chi connectivity index (χ1v) is 8.07. The maximum Gasteiger partial charge on any atom is 0.252 e. The van der Waals surface area contributed by atoms with Crippen molar-refractivity contribution in [1.82, 2.24) is 25.1 Å². The third-order valence-electron chi connectivity index (χ3n) is 4.50. The number of nitrogens with one attached hydrogen (secondary N) is 2. The number of hydrogen-bond acceptors (Lipinski definition) is 5. The van der Waals surface area contributed by atoms with Gasteiger partial charge in [-0.25, -0.2) is 4.98 Å². The molecule has 23 heavy (non-hydrogen) atoms. The van der Waals surface area contributed by atoms with Gasteiger partial charge in [0.05, 0.1) is 11.4 Å². The van der Waals surface area contributed by atoms with Crippen LogP contribution in [0.15, 0.2) is 10.9 Å². The van der Waals surface area contributed by atoms with E-state index in [4.69, 9.17) is 0 Å². The maximum atomic E-state index is 12.0. The fraction of sp³-hybridized carbons (Fsp3) is 0.562. The van der Waals surface area contributed by atoms with Gasteiger partial charge in [-0.1, -0.05) is 0 Å². The molecule has 0 unspecified atom stereocenters. The Morgan fingerprint density at radius 1 is 1.17 bits per heavy atom. The fourth-order valence-electron chi connectivity index (χ4n) is 2.99. The zero-order chi connectivity index (χ0) is 16.4. The Balaban J connectivity index is 1.74. The second-order valence-corrected chi connectivity index (χ2v) is 6.26. The highest BCUT2D eigenvalue weighted by Gasteiger charge is 2.17. The van der Waals surface area contributed by atoms with Crippen molar-refractivity contribution in [3.63, 3.8) is 0 Å². The van der Waals surface area contributed by atoms with E-state index in [2.05, 4.69) is 37.0 Å². The molecule has 2 aromatic heterocycles. The SMILES string of the molecule is Cc1n[nH]c(C)c1CCc1cc(=O)[nH]c(N2CCN(C)CC2)n1. The Kier molecular flexibility index (Phi) is 4.47. The lowest BCUT2D eigenvalue weighted by Crippen LogP contribution is -2.45. The molecule has 0 aliphatic carbocycles. The Morgan fingerprint density at radius 2 is 1.91 bits per heavy atom. The number of hydrogen-bond donors (Lipinski definition) is 2. The summed E-state index contributed by atoms with van der Waals surface area (Å²) in [6, 6.07) is 1.60. The smallest absolute Gasteiger partial charge is 0.252 e. The van der Waals surface area contributed by atoms with E-state index in [-0.39, 0.29) is 5.56 Å². The lowest BCUT2D eigenvalue weighted by molar-refractivity contribution is 0.311. The predicted molar refractivity (Wildman–Crippen MR) is 90.0 cm³/mol. The molecule has 1 aliphatic rings. The molecular formula is C16H24N6O. The van der Waals surface area contributed by atoms with E-state index in [1.807, 2.05) is 13.8 Å². The maximum absolute atomic E-state index is 12.0. The molecule has 0 amide bonds. The minimum Gasteiger partial charge on any atom is -0.340 e.